The van der Waals surface area contributed by atoms with E-state index in [1.807, 2.05) is 43.0 Å². The van der Waals surface area contributed by atoms with Gasteiger partial charge in [0.2, 0.25) is 0 Å². The zero-order chi connectivity index (χ0) is 19.7. The molecule has 1 aliphatic rings. The molecular formula is C20H24N4O3S. The first kappa shape index (κ1) is 18.7. The summed E-state index contributed by atoms with van der Waals surface area (Å²) in [5.74, 6) is 0.839. The SMILES string of the molecule is CCn1nc(C)cc1C(=O)N1CCC(Oc2nc3cc(OC)ccc3s2)CC1. The van der Waals surface area contributed by atoms with Gasteiger partial charge < -0.3 is 14.4 Å². The average Bonchev–Trinajstić information content (AvgIpc) is 3.29. The number of benzene rings is 1. The van der Waals surface area contributed by atoms with Crippen LogP contribution in [-0.4, -0.2) is 51.9 Å². The minimum atomic E-state index is 0.0491. The maximum absolute atomic E-state index is 12.8. The normalized spacial score (nSPS) is 15.2. The lowest BCUT2D eigenvalue weighted by Gasteiger charge is -2.31. The molecule has 0 radical (unpaired) electrons. The number of fused-ring (bicyclic) bond motifs is 1. The van der Waals surface area contributed by atoms with Crippen LogP contribution in [0.5, 0.6) is 10.9 Å². The second-order valence-electron chi connectivity index (χ2n) is 6.91. The van der Waals surface area contributed by atoms with E-state index >= 15 is 0 Å². The fourth-order valence-corrected chi connectivity index (χ4v) is 4.37. The van der Waals surface area contributed by atoms with Crippen molar-refractivity contribution in [2.45, 2.75) is 39.3 Å². The third-order valence-electron chi connectivity index (χ3n) is 4.99. The summed E-state index contributed by atoms with van der Waals surface area (Å²) in [4.78, 5) is 19.3. The minimum Gasteiger partial charge on any atom is -0.497 e. The molecule has 1 saturated heterocycles. The molecule has 0 atom stereocenters. The van der Waals surface area contributed by atoms with E-state index in [-0.39, 0.29) is 12.0 Å². The van der Waals surface area contributed by atoms with Gasteiger partial charge in [-0.05, 0) is 32.0 Å². The summed E-state index contributed by atoms with van der Waals surface area (Å²) < 4.78 is 14.2. The minimum absolute atomic E-state index is 0.0491. The molecule has 8 heteroatoms. The highest BCUT2D eigenvalue weighted by molar-refractivity contribution is 7.20. The number of methoxy groups -OCH3 is 1. The number of amides is 1. The Morgan fingerprint density at radius 1 is 1.29 bits per heavy atom. The zero-order valence-electron chi connectivity index (χ0n) is 16.3. The molecule has 1 amide bonds. The number of aromatic nitrogens is 3. The van der Waals surface area contributed by atoms with E-state index in [1.165, 1.54) is 0 Å². The summed E-state index contributed by atoms with van der Waals surface area (Å²) in [5.41, 5.74) is 2.42. The molecule has 7 nitrogen and oxygen atoms in total. The molecule has 1 fully saturated rings. The van der Waals surface area contributed by atoms with E-state index < -0.39 is 0 Å². The van der Waals surface area contributed by atoms with E-state index in [2.05, 4.69) is 10.1 Å². The van der Waals surface area contributed by atoms with Crippen LogP contribution in [0.3, 0.4) is 0 Å². The van der Waals surface area contributed by atoms with Crippen molar-refractivity contribution in [3.05, 3.63) is 35.7 Å². The van der Waals surface area contributed by atoms with Crippen LogP contribution in [0.2, 0.25) is 0 Å². The Kier molecular flexibility index (Phi) is 5.21. The third-order valence-corrected chi connectivity index (χ3v) is 5.92. The molecule has 0 unspecified atom stereocenters. The number of nitrogens with zero attached hydrogens (tertiary/aromatic N) is 4. The van der Waals surface area contributed by atoms with Gasteiger partial charge in [-0.25, -0.2) is 4.98 Å². The van der Waals surface area contributed by atoms with Crippen LogP contribution >= 0.6 is 11.3 Å². The lowest BCUT2D eigenvalue weighted by atomic mass is 10.1. The Morgan fingerprint density at radius 3 is 2.79 bits per heavy atom. The van der Waals surface area contributed by atoms with E-state index in [0.717, 1.165) is 34.5 Å². The highest BCUT2D eigenvalue weighted by Gasteiger charge is 2.27. The first-order valence-corrected chi connectivity index (χ1v) is 10.3. The van der Waals surface area contributed by atoms with Crippen molar-refractivity contribution in [3.63, 3.8) is 0 Å². The topological polar surface area (TPSA) is 69.5 Å². The monoisotopic (exact) mass is 400 g/mol. The smallest absolute Gasteiger partial charge is 0.274 e. The molecule has 148 valence electrons. The van der Waals surface area contributed by atoms with Crippen LogP contribution in [-0.2, 0) is 6.54 Å². The van der Waals surface area contributed by atoms with Gasteiger partial charge in [-0.2, -0.15) is 5.10 Å². The van der Waals surface area contributed by atoms with Crippen molar-refractivity contribution in [1.29, 1.82) is 0 Å². The van der Waals surface area contributed by atoms with Crippen LogP contribution in [0.15, 0.2) is 24.3 Å². The number of carbonyl (C=O) groups is 1. The highest BCUT2D eigenvalue weighted by Crippen LogP contribution is 2.32. The molecule has 0 aliphatic carbocycles. The van der Waals surface area contributed by atoms with Crippen molar-refractivity contribution in [2.24, 2.45) is 0 Å². The van der Waals surface area contributed by atoms with Crippen molar-refractivity contribution >= 4 is 27.5 Å². The number of hydrogen-bond acceptors (Lipinski definition) is 6. The number of thiazole rings is 1. The molecule has 2 aromatic heterocycles. The lowest BCUT2D eigenvalue weighted by Crippen LogP contribution is -2.42. The first-order valence-electron chi connectivity index (χ1n) is 9.52. The van der Waals surface area contributed by atoms with Crippen LogP contribution < -0.4 is 9.47 Å². The predicted molar refractivity (Wildman–Crippen MR) is 108 cm³/mol. The zero-order valence-corrected chi connectivity index (χ0v) is 17.2. The fourth-order valence-electron chi connectivity index (χ4n) is 3.50. The number of piperidine rings is 1. The van der Waals surface area contributed by atoms with E-state index in [1.54, 1.807) is 23.1 Å². The Balaban J connectivity index is 1.38. The molecule has 1 aliphatic heterocycles. The van der Waals surface area contributed by atoms with E-state index in [0.29, 0.717) is 30.5 Å². The molecule has 0 bridgehead atoms. The van der Waals surface area contributed by atoms with Crippen molar-refractivity contribution in [1.82, 2.24) is 19.7 Å². The molecule has 4 rings (SSSR count). The number of carbonyl (C=O) groups excluding carboxylic acids is 1. The molecular weight excluding hydrogens is 376 g/mol. The first-order chi connectivity index (χ1) is 13.6. The Bertz CT molecular complexity index is 989. The second kappa shape index (κ2) is 7.79. The summed E-state index contributed by atoms with van der Waals surface area (Å²) in [5, 5.41) is 5.05. The van der Waals surface area contributed by atoms with E-state index in [4.69, 9.17) is 9.47 Å². The van der Waals surface area contributed by atoms with Gasteiger partial charge in [0.05, 0.1) is 23.0 Å². The maximum atomic E-state index is 12.8. The van der Waals surface area contributed by atoms with Gasteiger partial charge in [0.15, 0.2) is 0 Å². The average molecular weight is 401 g/mol. The van der Waals surface area contributed by atoms with E-state index in [9.17, 15) is 4.79 Å². The van der Waals surface area contributed by atoms with Gasteiger partial charge in [0, 0.05) is 38.5 Å². The van der Waals surface area contributed by atoms with Gasteiger partial charge in [-0.3, -0.25) is 9.48 Å². The maximum Gasteiger partial charge on any atom is 0.274 e. The van der Waals surface area contributed by atoms with Gasteiger partial charge in [0.1, 0.15) is 17.5 Å². The molecule has 0 N–H and O–H groups in total. The van der Waals surface area contributed by atoms with Gasteiger partial charge in [-0.15, -0.1) is 0 Å². The molecule has 0 spiro atoms. The summed E-state index contributed by atoms with van der Waals surface area (Å²) >= 11 is 1.54. The summed E-state index contributed by atoms with van der Waals surface area (Å²) in [6, 6.07) is 7.71. The quantitative estimate of drug-likeness (QED) is 0.655. The number of aryl methyl sites for hydroxylation is 2. The number of ether oxygens (including phenoxy) is 2. The fraction of sp³-hybridized carbons (Fsp3) is 0.450. The van der Waals surface area contributed by atoms with Crippen molar-refractivity contribution < 1.29 is 14.3 Å². The van der Waals surface area contributed by atoms with Crippen LogP contribution in [0.1, 0.15) is 35.9 Å². The van der Waals surface area contributed by atoms with Crippen molar-refractivity contribution in [3.8, 4) is 10.9 Å². The second-order valence-corrected chi connectivity index (χ2v) is 7.90. The van der Waals surface area contributed by atoms with Crippen molar-refractivity contribution in [2.75, 3.05) is 20.2 Å². The number of likely N-dealkylation sites (tertiary alicyclic amines) is 1. The predicted octanol–water partition coefficient (Wildman–Crippen LogP) is 3.51. The molecule has 28 heavy (non-hydrogen) atoms. The largest absolute Gasteiger partial charge is 0.497 e. The Morgan fingerprint density at radius 2 is 2.07 bits per heavy atom. The number of rotatable bonds is 5. The lowest BCUT2D eigenvalue weighted by molar-refractivity contribution is 0.0584. The molecule has 3 aromatic rings. The van der Waals surface area contributed by atoms with Crippen LogP contribution in [0.25, 0.3) is 10.2 Å². The third kappa shape index (κ3) is 3.69. The molecule has 1 aromatic carbocycles. The summed E-state index contributed by atoms with van der Waals surface area (Å²) in [7, 11) is 1.65. The van der Waals surface area contributed by atoms with Crippen LogP contribution in [0.4, 0.5) is 0 Å². The Hall–Kier alpha value is -2.61. The molecule has 0 saturated carbocycles. The van der Waals surface area contributed by atoms with Gasteiger partial charge >= 0.3 is 0 Å². The van der Waals surface area contributed by atoms with Crippen LogP contribution in [0, 0.1) is 6.92 Å². The standard InChI is InChI=1S/C20H24N4O3S/c1-4-24-17(11-13(2)22-24)19(25)23-9-7-14(8-10-23)27-20-21-16-12-15(26-3)5-6-18(16)28-20/h5-6,11-12,14H,4,7-10H2,1-3H3. The summed E-state index contributed by atoms with van der Waals surface area (Å²) in [6.45, 7) is 5.96. The molecule has 3 heterocycles. The van der Waals surface area contributed by atoms with Gasteiger partial charge in [0.25, 0.3) is 11.1 Å². The summed E-state index contributed by atoms with van der Waals surface area (Å²) in [6.07, 6.45) is 1.67. The van der Waals surface area contributed by atoms with Gasteiger partial charge in [-0.1, -0.05) is 11.3 Å². The Labute approximate surface area is 167 Å². The number of hydrogen-bond donors (Lipinski definition) is 0. The highest BCUT2D eigenvalue weighted by atomic mass is 32.1.